The summed E-state index contributed by atoms with van der Waals surface area (Å²) in [7, 11) is 0. The number of anilines is 1. The minimum absolute atomic E-state index is 0.262. The number of benzene rings is 1. The molecule has 0 aliphatic heterocycles. The predicted molar refractivity (Wildman–Crippen MR) is 72.2 cm³/mol. The molecule has 1 aliphatic rings. The molecule has 1 heterocycles. The van der Waals surface area contributed by atoms with Crippen molar-refractivity contribution in [3.05, 3.63) is 29.6 Å². The van der Waals surface area contributed by atoms with Crippen LogP contribution in [0.1, 0.15) is 19.3 Å². The van der Waals surface area contributed by atoms with Crippen molar-refractivity contribution in [1.29, 1.82) is 5.26 Å². The molecule has 86 valence electrons. The second-order valence-corrected chi connectivity index (χ2v) is 5.81. The van der Waals surface area contributed by atoms with Crippen molar-refractivity contribution in [2.24, 2.45) is 5.41 Å². The van der Waals surface area contributed by atoms with E-state index in [4.69, 9.17) is 5.26 Å². The van der Waals surface area contributed by atoms with Crippen molar-refractivity contribution in [3.8, 4) is 6.07 Å². The Bertz CT molecular complexity index is 575. The maximum atomic E-state index is 8.78. The van der Waals surface area contributed by atoms with Gasteiger partial charge in [-0.15, -0.1) is 11.3 Å². The quantitative estimate of drug-likeness (QED) is 0.879. The van der Waals surface area contributed by atoms with Gasteiger partial charge in [0.2, 0.25) is 0 Å². The van der Waals surface area contributed by atoms with E-state index >= 15 is 0 Å². The number of nitrogens with one attached hydrogen (secondary N) is 1. The highest BCUT2D eigenvalue weighted by molar-refractivity contribution is 7.17. The normalized spacial score (nSPS) is 16.6. The van der Waals surface area contributed by atoms with E-state index in [9.17, 15) is 0 Å². The van der Waals surface area contributed by atoms with Gasteiger partial charge in [0.05, 0.1) is 6.07 Å². The number of nitriles is 1. The Morgan fingerprint density at radius 1 is 1.35 bits per heavy atom. The third-order valence-corrected chi connectivity index (χ3v) is 4.43. The summed E-state index contributed by atoms with van der Waals surface area (Å²) in [5.41, 5.74) is 1.43. The SMILES string of the molecule is N#CCC1(CNc2ccc3sccc3c2)CC1. The largest absolute Gasteiger partial charge is 0.384 e. The summed E-state index contributed by atoms with van der Waals surface area (Å²) in [4.78, 5) is 0. The van der Waals surface area contributed by atoms with Crippen LogP contribution in [-0.4, -0.2) is 6.54 Å². The van der Waals surface area contributed by atoms with Gasteiger partial charge in [0.15, 0.2) is 0 Å². The van der Waals surface area contributed by atoms with Crippen molar-refractivity contribution in [1.82, 2.24) is 0 Å². The van der Waals surface area contributed by atoms with Gasteiger partial charge in [0.25, 0.3) is 0 Å². The highest BCUT2D eigenvalue weighted by Gasteiger charge is 2.42. The molecule has 1 aliphatic carbocycles. The molecule has 0 atom stereocenters. The Balaban J connectivity index is 1.71. The van der Waals surface area contributed by atoms with Crippen LogP contribution in [0.25, 0.3) is 10.1 Å². The number of hydrogen-bond donors (Lipinski definition) is 1. The van der Waals surface area contributed by atoms with Gasteiger partial charge in [-0.25, -0.2) is 0 Å². The first kappa shape index (κ1) is 10.6. The van der Waals surface area contributed by atoms with E-state index in [-0.39, 0.29) is 5.41 Å². The number of nitrogens with zero attached hydrogens (tertiary/aromatic N) is 1. The molecule has 0 saturated heterocycles. The summed E-state index contributed by atoms with van der Waals surface area (Å²) in [5.74, 6) is 0. The van der Waals surface area contributed by atoms with Crippen molar-refractivity contribution >= 4 is 27.1 Å². The van der Waals surface area contributed by atoms with Crippen molar-refractivity contribution < 1.29 is 0 Å². The molecule has 1 aromatic carbocycles. The Labute approximate surface area is 105 Å². The monoisotopic (exact) mass is 242 g/mol. The van der Waals surface area contributed by atoms with Gasteiger partial charge in [-0.05, 0) is 47.9 Å². The van der Waals surface area contributed by atoms with Crippen molar-refractivity contribution in [2.75, 3.05) is 11.9 Å². The Hall–Kier alpha value is -1.53. The lowest BCUT2D eigenvalue weighted by atomic mass is 10.0. The molecule has 1 aromatic heterocycles. The fourth-order valence-corrected chi connectivity index (χ4v) is 2.90. The molecular weight excluding hydrogens is 228 g/mol. The lowest BCUT2D eigenvalue weighted by molar-refractivity contribution is 0.557. The number of rotatable bonds is 4. The number of hydrogen-bond acceptors (Lipinski definition) is 3. The third kappa shape index (κ3) is 2.13. The molecule has 0 radical (unpaired) electrons. The van der Waals surface area contributed by atoms with Crippen LogP contribution >= 0.6 is 11.3 Å². The minimum atomic E-state index is 0.262. The lowest BCUT2D eigenvalue weighted by Gasteiger charge is -2.13. The van der Waals surface area contributed by atoms with E-state index in [0.717, 1.165) is 6.54 Å². The van der Waals surface area contributed by atoms with E-state index in [0.29, 0.717) is 6.42 Å². The van der Waals surface area contributed by atoms with Gasteiger partial charge in [-0.3, -0.25) is 0 Å². The van der Waals surface area contributed by atoms with E-state index in [2.05, 4.69) is 41.0 Å². The highest BCUT2D eigenvalue weighted by Crippen LogP contribution is 2.48. The summed E-state index contributed by atoms with van der Waals surface area (Å²) in [5, 5.41) is 15.7. The Kier molecular flexibility index (Phi) is 2.53. The van der Waals surface area contributed by atoms with Crippen LogP contribution in [0, 0.1) is 16.7 Å². The number of thiophene rings is 1. The van der Waals surface area contributed by atoms with Crippen LogP contribution in [0.3, 0.4) is 0 Å². The van der Waals surface area contributed by atoms with Crippen LogP contribution < -0.4 is 5.32 Å². The number of fused-ring (bicyclic) bond motifs is 1. The predicted octanol–water partition coefficient (Wildman–Crippen LogP) is 4.01. The standard InChI is InChI=1S/C14H14N2S/c15-7-6-14(4-5-14)10-16-12-1-2-13-11(9-12)3-8-17-13/h1-3,8-9,16H,4-6,10H2. The van der Waals surface area contributed by atoms with Crippen LogP contribution in [0.15, 0.2) is 29.6 Å². The molecular formula is C14H14N2S. The van der Waals surface area contributed by atoms with Gasteiger partial charge >= 0.3 is 0 Å². The van der Waals surface area contributed by atoms with Crippen LogP contribution in [0.5, 0.6) is 0 Å². The van der Waals surface area contributed by atoms with E-state index in [1.807, 2.05) is 0 Å². The molecule has 1 fully saturated rings. The van der Waals surface area contributed by atoms with E-state index < -0.39 is 0 Å². The molecule has 0 amide bonds. The molecule has 3 rings (SSSR count). The summed E-state index contributed by atoms with van der Waals surface area (Å²) in [6.45, 7) is 0.927. The van der Waals surface area contributed by atoms with E-state index in [1.54, 1.807) is 11.3 Å². The molecule has 3 heteroatoms. The molecule has 0 unspecified atom stereocenters. The summed E-state index contributed by atoms with van der Waals surface area (Å²) >= 11 is 1.77. The average Bonchev–Trinajstić information content (AvgIpc) is 2.95. The maximum Gasteiger partial charge on any atom is 0.0628 e. The third-order valence-electron chi connectivity index (χ3n) is 3.53. The zero-order valence-electron chi connectivity index (χ0n) is 9.57. The first-order valence-electron chi connectivity index (χ1n) is 5.89. The van der Waals surface area contributed by atoms with Gasteiger partial charge < -0.3 is 5.32 Å². The van der Waals surface area contributed by atoms with E-state index in [1.165, 1.54) is 28.6 Å². The topological polar surface area (TPSA) is 35.8 Å². The minimum Gasteiger partial charge on any atom is -0.384 e. The fraction of sp³-hybridized carbons (Fsp3) is 0.357. The molecule has 2 nitrogen and oxygen atoms in total. The average molecular weight is 242 g/mol. The molecule has 0 bridgehead atoms. The lowest BCUT2D eigenvalue weighted by Crippen LogP contribution is -2.14. The zero-order chi connectivity index (χ0) is 11.7. The van der Waals surface area contributed by atoms with Gasteiger partial charge in [0.1, 0.15) is 0 Å². The smallest absolute Gasteiger partial charge is 0.0628 e. The van der Waals surface area contributed by atoms with Crippen LogP contribution in [0.4, 0.5) is 5.69 Å². The zero-order valence-corrected chi connectivity index (χ0v) is 10.4. The first-order valence-corrected chi connectivity index (χ1v) is 6.77. The van der Waals surface area contributed by atoms with Crippen molar-refractivity contribution in [3.63, 3.8) is 0 Å². The second kappa shape index (κ2) is 4.05. The Morgan fingerprint density at radius 3 is 3.00 bits per heavy atom. The Morgan fingerprint density at radius 2 is 2.24 bits per heavy atom. The molecule has 1 saturated carbocycles. The second-order valence-electron chi connectivity index (χ2n) is 4.86. The molecule has 17 heavy (non-hydrogen) atoms. The summed E-state index contributed by atoms with van der Waals surface area (Å²) < 4.78 is 1.33. The summed E-state index contributed by atoms with van der Waals surface area (Å²) in [6, 6.07) is 10.9. The summed E-state index contributed by atoms with van der Waals surface area (Å²) in [6.07, 6.45) is 3.06. The van der Waals surface area contributed by atoms with Gasteiger partial charge in [0, 0.05) is 28.8 Å². The molecule has 2 aromatic rings. The first-order chi connectivity index (χ1) is 8.31. The van der Waals surface area contributed by atoms with Gasteiger partial charge in [-0.1, -0.05) is 0 Å². The highest BCUT2D eigenvalue weighted by atomic mass is 32.1. The molecule has 0 spiro atoms. The van der Waals surface area contributed by atoms with Gasteiger partial charge in [-0.2, -0.15) is 5.26 Å². The van der Waals surface area contributed by atoms with Crippen LogP contribution in [0.2, 0.25) is 0 Å². The molecule has 1 N–H and O–H groups in total. The fourth-order valence-electron chi connectivity index (χ4n) is 2.13. The van der Waals surface area contributed by atoms with Crippen molar-refractivity contribution in [2.45, 2.75) is 19.3 Å². The van der Waals surface area contributed by atoms with Crippen LogP contribution in [-0.2, 0) is 0 Å². The maximum absolute atomic E-state index is 8.78.